The minimum absolute atomic E-state index is 0.0595. The van der Waals surface area contributed by atoms with Crippen LogP contribution in [0.15, 0.2) is 48.5 Å². The Balaban J connectivity index is 1.46. The fraction of sp³-hybridized carbons (Fsp3) is 0.318. The summed E-state index contributed by atoms with van der Waals surface area (Å²) in [6, 6.07) is 14.4. The average Bonchev–Trinajstić information content (AvgIpc) is 3.13. The number of nitrogens with zero attached hydrogens (tertiary/aromatic N) is 1. The Labute approximate surface area is 164 Å². The van der Waals surface area contributed by atoms with E-state index in [-0.39, 0.29) is 31.3 Å². The smallest absolute Gasteiger partial charge is 0.309 e. The molecule has 0 bridgehead atoms. The number of carbonyl (C=O) groups excluding carboxylic acids is 3. The van der Waals surface area contributed by atoms with Crippen LogP contribution in [0.1, 0.15) is 35.2 Å². The van der Waals surface area contributed by atoms with Gasteiger partial charge < -0.3 is 14.4 Å². The van der Waals surface area contributed by atoms with Crippen LogP contribution in [0.2, 0.25) is 0 Å². The lowest BCUT2D eigenvalue weighted by Crippen LogP contribution is -2.24. The van der Waals surface area contributed by atoms with Gasteiger partial charge >= 0.3 is 5.97 Å². The van der Waals surface area contributed by atoms with E-state index in [1.165, 1.54) is 0 Å². The van der Waals surface area contributed by atoms with Crippen LogP contribution in [-0.4, -0.2) is 37.4 Å². The molecule has 3 rings (SSSR count). The van der Waals surface area contributed by atoms with Crippen molar-refractivity contribution in [3.63, 3.8) is 0 Å². The molecule has 1 fully saturated rings. The lowest BCUT2D eigenvalue weighted by Gasteiger charge is -2.16. The summed E-state index contributed by atoms with van der Waals surface area (Å²) in [5.74, 6) is -0.0150. The van der Waals surface area contributed by atoms with Crippen LogP contribution in [-0.2, 0) is 14.3 Å². The van der Waals surface area contributed by atoms with Gasteiger partial charge in [-0.2, -0.15) is 0 Å². The van der Waals surface area contributed by atoms with Crippen molar-refractivity contribution in [1.82, 2.24) is 0 Å². The molecule has 1 saturated heterocycles. The highest BCUT2D eigenvalue weighted by Crippen LogP contribution is 2.22. The Hall–Kier alpha value is -3.15. The summed E-state index contributed by atoms with van der Waals surface area (Å²) >= 11 is 0. The van der Waals surface area contributed by atoms with Crippen LogP contribution in [0.4, 0.5) is 5.69 Å². The molecule has 1 amide bonds. The topological polar surface area (TPSA) is 72.9 Å². The molecule has 0 atom stereocenters. The standard InChI is InChI=1S/C22H23NO5/c1-16-6-2-3-9-20(16)27-13-11-22(26)28-15-19(24)17-7-4-8-18(14-17)23-12-5-10-21(23)25/h2-4,6-9,14H,5,10-13,15H2,1H3. The van der Waals surface area contributed by atoms with Gasteiger partial charge in [0.25, 0.3) is 0 Å². The van der Waals surface area contributed by atoms with Crippen LogP contribution in [0.3, 0.4) is 0 Å². The highest BCUT2D eigenvalue weighted by molar-refractivity contribution is 6.01. The Morgan fingerprint density at radius 1 is 1.11 bits per heavy atom. The highest BCUT2D eigenvalue weighted by atomic mass is 16.5. The maximum atomic E-state index is 12.3. The third kappa shape index (κ3) is 4.97. The first-order valence-corrected chi connectivity index (χ1v) is 9.32. The number of hydrogen-bond donors (Lipinski definition) is 0. The van der Waals surface area contributed by atoms with E-state index >= 15 is 0 Å². The molecule has 0 saturated carbocycles. The molecular weight excluding hydrogens is 358 g/mol. The SMILES string of the molecule is Cc1ccccc1OCCC(=O)OCC(=O)c1cccc(N2CCCC2=O)c1. The number of ketones is 1. The largest absolute Gasteiger partial charge is 0.493 e. The summed E-state index contributed by atoms with van der Waals surface area (Å²) in [7, 11) is 0. The summed E-state index contributed by atoms with van der Waals surface area (Å²) < 4.78 is 10.6. The first-order chi connectivity index (χ1) is 13.5. The molecule has 0 radical (unpaired) electrons. The Morgan fingerprint density at radius 3 is 2.68 bits per heavy atom. The van der Waals surface area contributed by atoms with Gasteiger partial charge in [0.15, 0.2) is 12.4 Å². The van der Waals surface area contributed by atoms with Crippen molar-refractivity contribution < 1.29 is 23.9 Å². The fourth-order valence-electron chi connectivity index (χ4n) is 3.03. The van der Waals surface area contributed by atoms with Gasteiger partial charge in [0.2, 0.25) is 5.91 Å². The van der Waals surface area contributed by atoms with E-state index in [0.29, 0.717) is 24.2 Å². The molecule has 146 valence electrons. The number of amides is 1. The molecule has 0 N–H and O–H groups in total. The van der Waals surface area contributed by atoms with Crippen molar-refractivity contribution in [1.29, 1.82) is 0 Å². The van der Waals surface area contributed by atoms with Gasteiger partial charge in [-0.1, -0.05) is 30.3 Å². The van der Waals surface area contributed by atoms with Crippen molar-refractivity contribution in [3.8, 4) is 5.75 Å². The van der Waals surface area contributed by atoms with Crippen molar-refractivity contribution in [3.05, 3.63) is 59.7 Å². The van der Waals surface area contributed by atoms with Crippen LogP contribution < -0.4 is 9.64 Å². The number of esters is 1. The van der Waals surface area contributed by atoms with Crippen molar-refractivity contribution >= 4 is 23.3 Å². The van der Waals surface area contributed by atoms with Gasteiger partial charge in [0.05, 0.1) is 13.0 Å². The number of Topliss-reactive ketones (excluding diaryl/α,β-unsaturated/α-hetero) is 1. The van der Waals surface area contributed by atoms with Crippen LogP contribution in [0.5, 0.6) is 5.75 Å². The maximum absolute atomic E-state index is 12.3. The summed E-state index contributed by atoms with van der Waals surface area (Å²) in [5, 5.41) is 0. The zero-order chi connectivity index (χ0) is 19.9. The van der Waals surface area contributed by atoms with Gasteiger partial charge in [-0.05, 0) is 37.1 Å². The molecule has 2 aromatic carbocycles. The number of anilines is 1. The number of carbonyl (C=O) groups is 3. The lowest BCUT2D eigenvalue weighted by atomic mass is 10.1. The van der Waals surface area contributed by atoms with E-state index < -0.39 is 5.97 Å². The van der Waals surface area contributed by atoms with Crippen LogP contribution >= 0.6 is 0 Å². The van der Waals surface area contributed by atoms with E-state index in [9.17, 15) is 14.4 Å². The van der Waals surface area contributed by atoms with E-state index in [2.05, 4.69) is 0 Å². The van der Waals surface area contributed by atoms with Crippen LogP contribution in [0.25, 0.3) is 0 Å². The summed E-state index contributed by atoms with van der Waals surface area (Å²) in [5.41, 5.74) is 2.11. The van der Waals surface area contributed by atoms with Crippen molar-refractivity contribution in [2.75, 3.05) is 24.7 Å². The summed E-state index contributed by atoms with van der Waals surface area (Å²) in [6.07, 6.45) is 1.41. The van der Waals surface area contributed by atoms with Crippen molar-refractivity contribution in [2.45, 2.75) is 26.2 Å². The number of rotatable bonds is 8. The zero-order valence-corrected chi connectivity index (χ0v) is 15.8. The number of para-hydroxylation sites is 1. The second-order valence-electron chi connectivity index (χ2n) is 6.65. The Kier molecular flexibility index (Phi) is 6.42. The van der Waals surface area contributed by atoms with Crippen molar-refractivity contribution in [2.24, 2.45) is 0 Å². The second kappa shape index (κ2) is 9.17. The second-order valence-corrected chi connectivity index (χ2v) is 6.65. The van der Waals surface area contributed by atoms with E-state index in [1.54, 1.807) is 29.2 Å². The molecule has 0 spiro atoms. The van der Waals surface area contributed by atoms with Gasteiger partial charge in [-0.15, -0.1) is 0 Å². The number of ether oxygens (including phenoxy) is 2. The van der Waals surface area contributed by atoms with E-state index in [4.69, 9.17) is 9.47 Å². The highest BCUT2D eigenvalue weighted by Gasteiger charge is 2.22. The summed E-state index contributed by atoms with van der Waals surface area (Å²) in [6.45, 7) is 2.44. The molecule has 1 aliphatic rings. The van der Waals surface area contributed by atoms with Gasteiger partial charge in [-0.25, -0.2) is 0 Å². The minimum atomic E-state index is -0.493. The molecule has 1 aliphatic heterocycles. The molecular formula is C22H23NO5. The summed E-state index contributed by atoms with van der Waals surface area (Å²) in [4.78, 5) is 37.7. The molecule has 1 heterocycles. The predicted molar refractivity (Wildman–Crippen MR) is 105 cm³/mol. The zero-order valence-electron chi connectivity index (χ0n) is 15.8. The molecule has 2 aromatic rings. The molecule has 6 nitrogen and oxygen atoms in total. The molecule has 28 heavy (non-hydrogen) atoms. The third-order valence-electron chi connectivity index (χ3n) is 4.57. The predicted octanol–water partition coefficient (Wildman–Crippen LogP) is 3.32. The third-order valence-corrected chi connectivity index (χ3v) is 4.57. The lowest BCUT2D eigenvalue weighted by molar-refractivity contribution is -0.143. The fourth-order valence-corrected chi connectivity index (χ4v) is 3.03. The quantitative estimate of drug-likeness (QED) is 0.518. The normalized spacial score (nSPS) is 13.5. The molecule has 0 aliphatic carbocycles. The van der Waals surface area contributed by atoms with E-state index in [1.807, 2.05) is 31.2 Å². The van der Waals surface area contributed by atoms with E-state index in [0.717, 1.165) is 17.7 Å². The molecule has 0 aromatic heterocycles. The molecule has 0 unspecified atom stereocenters. The molecule has 6 heteroatoms. The first-order valence-electron chi connectivity index (χ1n) is 9.32. The minimum Gasteiger partial charge on any atom is -0.493 e. The monoisotopic (exact) mass is 381 g/mol. The van der Waals surface area contributed by atoms with Gasteiger partial charge in [0.1, 0.15) is 5.75 Å². The Bertz CT molecular complexity index is 877. The van der Waals surface area contributed by atoms with Gasteiger partial charge in [0, 0.05) is 24.2 Å². The Morgan fingerprint density at radius 2 is 1.93 bits per heavy atom. The number of hydrogen-bond acceptors (Lipinski definition) is 5. The number of benzene rings is 2. The maximum Gasteiger partial charge on any atom is 0.309 e. The first kappa shape index (κ1) is 19.6. The van der Waals surface area contributed by atoms with Crippen LogP contribution in [0, 0.1) is 6.92 Å². The average molecular weight is 381 g/mol. The van der Waals surface area contributed by atoms with Gasteiger partial charge in [-0.3, -0.25) is 14.4 Å². The number of aryl methyl sites for hydroxylation is 1.